The van der Waals surface area contributed by atoms with Crippen LogP contribution in [0.5, 0.6) is 0 Å². The quantitative estimate of drug-likeness (QED) is 0.580. The molecule has 1 aliphatic rings. The van der Waals surface area contributed by atoms with E-state index in [4.69, 9.17) is 5.73 Å². The van der Waals surface area contributed by atoms with Crippen LogP contribution in [-0.4, -0.2) is 6.71 Å². The van der Waals surface area contributed by atoms with E-state index in [1.165, 1.54) is 23.7 Å². The smallest absolute Gasteiger partial charge is 0.179 e. The maximum absolute atomic E-state index is 6.15. The Morgan fingerprint density at radius 3 is 2.12 bits per heavy atom. The number of rotatable bonds is 1. The van der Waals surface area contributed by atoms with Crippen molar-refractivity contribution in [1.82, 2.24) is 0 Å². The minimum Gasteiger partial charge on any atom is -0.399 e. The van der Waals surface area contributed by atoms with Crippen LogP contribution in [0.3, 0.4) is 0 Å². The Hall–Kier alpha value is -0.915. The lowest BCUT2D eigenvalue weighted by atomic mass is 9.41. The summed E-state index contributed by atoms with van der Waals surface area (Å²) in [5.41, 5.74) is 10.6. The molecular weight excluding hydrogens is 205 g/mol. The van der Waals surface area contributed by atoms with E-state index in [2.05, 4.69) is 52.8 Å². The van der Waals surface area contributed by atoms with Crippen molar-refractivity contribution in [2.75, 3.05) is 5.73 Å². The van der Waals surface area contributed by atoms with Gasteiger partial charge in [0.15, 0.2) is 6.71 Å². The van der Waals surface area contributed by atoms with Gasteiger partial charge in [0.2, 0.25) is 0 Å². The number of benzene rings is 1. The number of anilines is 1. The first-order valence-corrected chi connectivity index (χ1v) is 6.59. The maximum atomic E-state index is 6.15. The molecule has 0 radical (unpaired) electrons. The summed E-state index contributed by atoms with van der Waals surface area (Å²) in [5, 5.41) is 0. The monoisotopic (exact) mass is 229 g/mol. The predicted octanol–water partition coefficient (Wildman–Crippen LogP) is 3.35. The van der Waals surface area contributed by atoms with E-state index < -0.39 is 0 Å². The van der Waals surface area contributed by atoms with E-state index in [1.807, 2.05) is 0 Å². The van der Waals surface area contributed by atoms with Crippen LogP contribution < -0.4 is 11.2 Å². The second-order valence-electron chi connectivity index (χ2n) is 7.01. The summed E-state index contributed by atoms with van der Waals surface area (Å²) in [7, 11) is 0. The van der Waals surface area contributed by atoms with Crippen LogP contribution >= 0.6 is 0 Å². The lowest BCUT2D eigenvalue weighted by molar-refractivity contribution is 0.177. The van der Waals surface area contributed by atoms with Crippen molar-refractivity contribution < 1.29 is 0 Å². The first-order chi connectivity index (χ1) is 7.73. The lowest BCUT2D eigenvalue weighted by Crippen LogP contribution is -2.30. The number of aryl methyl sites for hydroxylation is 1. The molecule has 2 rings (SSSR count). The van der Waals surface area contributed by atoms with Gasteiger partial charge in [0.05, 0.1) is 0 Å². The summed E-state index contributed by atoms with van der Waals surface area (Å²) in [6.45, 7) is 12.3. The summed E-state index contributed by atoms with van der Waals surface area (Å²) in [6, 6.07) is 6.44. The SMILES string of the molecule is Cc1ccc(N)c(B2CC(C)(C)C(C)(C)C2)c1. The highest BCUT2D eigenvalue weighted by atomic mass is 14.6. The van der Waals surface area contributed by atoms with Crippen LogP contribution in [0.4, 0.5) is 5.69 Å². The van der Waals surface area contributed by atoms with Gasteiger partial charge >= 0.3 is 0 Å². The van der Waals surface area contributed by atoms with Gasteiger partial charge in [0.1, 0.15) is 0 Å². The summed E-state index contributed by atoms with van der Waals surface area (Å²) in [4.78, 5) is 0. The van der Waals surface area contributed by atoms with E-state index in [0.29, 0.717) is 17.5 Å². The van der Waals surface area contributed by atoms with Crippen molar-refractivity contribution in [3.8, 4) is 0 Å². The highest BCUT2D eigenvalue weighted by Crippen LogP contribution is 2.52. The molecule has 92 valence electrons. The Bertz CT molecular complexity index is 419. The minimum atomic E-state index is 0.397. The van der Waals surface area contributed by atoms with Crippen molar-refractivity contribution in [3.05, 3.63) is 23.8 Å². The van der Waals surface area contributed by atoms with Gasteiger partial charge in [-0.2, -0.15) is 0 Å². The van der Waals surface area contributed by atoms with Gasteiger partial charge in [0, 0.05) is 5.69 Å². The van der Waals surface area contributed by atoms with Crippen LogP contribution in [0.25, 0.3) is 0 Å². The minimum absolute atomic E-state index is 0.397. The fraction of sp³-hybridized carbons (Fsp3) is 0.600. The molecule has 0 unspecified atom stereocenters. The molecule has 1 heterocycles. The third kappa shape index (κ3) is 2.10. The van der Waals surface area contributed by atoms with Crippen LogP contribution in [0.1, 0.15) is 33.3 Å². The molecule has 0 aliphatic carbocycles. The molecular formula is C15H24BN. The first kappa shape index (κ1) is 12.5. The number of nitrogens with two attached hydrogens (primary N) is 1. The summed E-state index contributed by atoms with van der Waals surface area (Å²) < 4.78 is 0. The largest absolute Gasteiger partial charge is 0.399 e. The normalized spacial score (nSPS) is 21.8. The number of hydrogen-bond acceptors (Lipinski definition) is 1. The Morgan fingerprint density at radius 1 is 1.06 bits per heavy atom. The van der Waals surface area contributed by atoms with Gasteiger partial charge in [-0.1, -0.05) is 63.5 Å². The molecule has 0 bridgehead atoms. The maximum Gasteiger partial charge on any atom is 0.179 e. The van der Waals surface area contributed by atoms with Gasteiger partial charge in [-0.3, -0.25) is 0 Å². The van der Waals surface area contributed by atoms with E-state index in [9.17, 15) is 0 Å². The molecule has 0 amide bonds. The van der Waals surface area contributed by atoms with Crippen molar-refractivity contribution >= 4 is 17.9 Å². The van der Waals surface area contributed by atoms with Crippen LogP contribution in [0.2, 0.25) is 12.6 Å². The average molecular weight is 229 g/mol. The molecule has 2 N–H and O–H groups in total. The molecule has 1 aromatic carbocycles. The molecule has 0 saturated carbocycles. The van der Waals surface area contributed by atoms with E-state index in [0.717, 1.165) is 5.69 Å². The highest BCUT2D eigenvalue weighted by molar-refractivity contribution is 6.75. The molecule has 17 heavy (non-hydrogen) atoms. The zero-order chi connectivity index (χ0) is 12.8. The standard InChI is InChI=1S/C15H24BN/c1-11-6-7-13(17)12(8-11)16-9-14(2,3)15(4,5)10-16/h6-8H,9-10,17H2,1-5H3. The zero-order valence-electron chi connectivity index (χ0n) is 11.8. The van der Waals surface area contributed by atoms with Crippen molar-refractivity contribution in [1.29, 1.82) is 0 Å². The molecule has 2 heteroatoms. The van der Waals surface area contributed by atoms with Gasteiger partial charge < -0.3 is 5.73 Å². The van der Waals surface area contributed by atoms with Crippen molar-refractivity contribution in [3.63, 3.8) is 0 Å². The van der Waals surface area contributed by atoms with Gasteiger partial charge in [-0.05, 0) is 23.8 Å². The van der Waals surface area contributed by atoms with Gasteiger partial charge in [-0.15, -0.1) is 0 Å². The third-order valence-corrected chi connectivity index (χ3v) is 5.03. The molecule has 1 aromatic rings. The Balaban J connectivity index is 2.35. The average Bonchev–Trinajstić information content (AvgIpc) is 2.40. The number of nitrogen functional groups attached to an aromatic ring is 1. The Labute approximate surface area is 106 Å². The number of hydrogen-bond donors (Lipinski definition) is 1. The highest BCUT2D eigenvalue weighted by Gasteiger charge is 2.48. The molecule has 1 aliphatic heterocycles. The van der Waals surface area contributed by atoms with Crippen LogP contribution in [0, 0.1) is 17.8 Å². The molecule has 0 atom stereocenters. The summed E-state index contributed by atoms with van der Waals surface area (Å²) in [6.07, 6.45) is 2.49. The predicted molar refractivity (Wildman–Crippen MR) is 78.2 cm³/mol. The molecule has 0 aromatic heterocycles. The van der Waals surface area contributed by atoms with E-state index in [1.54, 1.807) is 0 Å². The molecule has 1 nitrogen and oxygen atoms in total. The first-order valence-electron chi connectivity index (χ1n) is 6.59. The molecule has 1 saturated heterocycles. The second kappa shape index (κ2) is 3.79. The van der Waals surface area contributed by atoms with Gasteiger partial charge in [0.25, 0.3) is 0 Å². The fourth-order valence-electron chi connectivity index (χ4n) is 3.12. The van der Waals surface area contributed by atoms with E-state index >= 15 is 0 Å². The molecule has 1 fully saturated rings. The van der Waals surface area contributed by atoms with Crippen LogP contribution in [0.15, 0.2) is 18.2 Å². The zero-order valence-corrected chi connectivity index (χ0v) is 11.8. The fourth-order valence-corrected chi connectivity index (χ4v) is 3.12. The Kier molecular flexibility index (Phi) is 2.80. The third-order valence-electron chi connectivity index (χ3n) is 5.03. The van der Waals surface area contributed by atoms with Gasteiger partial charge in [-0.25, -0.2) is 0 Å². The lowest BCUT2D eigenvalue weighted by Gasteiger charge is -2.35. The second-order valence-corrected chi connectivity index (χ2v) is 7.01. The van der Waals surface area contributed by atoms with E-state index in [-0.39, 0.29) is 0 Å². The van der Waals surface area contributed by atoms with Crippen LogP contribution in [-0.2, 0) is 0 Å². The van der Waals surface area contributed by atoms with Crippen molar-refractivity contribution in [2.24, 2.45) is 10.8 Å². The molecule has 0 spiro atoms. The summed E-state index contributed by atoms with van der Waals surface area (Å²) >= 11 is 0. The summed E-state index contributed by atoms with van der Waals surface area (Å²) in [5.74, 6) is 0. The van der Waals surface area contributed by atoms with Crippen molar-refractivity contribution in [2.45, 2.75) is 47.3 Å². The topological polar surface area (TPSA) is 26.0 Å². The Morgan fingerprint density at radius 2 is 1.59 bits per heavy atom.